The van der Waals surface area contributed by atoms with Crippen LogP contribution < -0.4 is 11.1 Å². The van der Waals surface area contributed by atoms with Gasteiger partial charge in [-0.25, -0.2) is 3.97 Å². The average molecular weight is 451 g/mol. The van der Waals surface area contributed by atoms with Crippen LogP contribution in [0.1, 0.15) is 5.56 Å². The highest BCUT2D eigenvalue weighted by molar-refractivity contribution is 7.92. The number of nitrogens with two attached hydrogens (primary N) is 1. The molecule has 0 unspecified atom stereocenters. The lowest BCUT2D eigenvalue weighted by Gasteiger charge is -2.04. The molecule has 3 aromatic heterocycles. The molecule has 0 bridgehead atoms. The zero-order valence-electron chi connectivity index (χ0n) is 16.2. The first-order valence-electron chi connectivity index (χ1n) is 9.22. The molecule has 156 valence electrons. The van der Waals surface area contributed by atoms with Crippen molar-refractivity contribution in [1.82, 2.24) is 8.96 Å². The number of para-hydroxylation sites is 2. The lowest BCUT2D eigenvalue weighted by molar-refractivity contribution is -0.111. The van der Waals surface area contributed by atoms with E-state index < -0.39 is 10.0 Å². The van der Waals surface area contributed by atoms with Crippen molar-refractivity contribution < 1.29 is 13.2 Å². The molecule has 31 heavy (non-hydrogen) atoms. The molecule has 1 amide bonds. The number of aromatic nitrogens is 2. The molecule has 9 heteroatoms. The van der Waals surface area contributed by atoms with Crippen LogP contribution in [-0.2, 0) is 14.8 Å². The Morgan fingerprint density at radius 2 is 1.87 bits per heavy atom. The predicted octanol–water partition coefficient (Wildman–Crippen LogP) is 4.08. The molecule has 0 aliphatic carbocycles. The second-order valence-corrected chi connectivity index (χ2v) is 9.68. The third-order valence-corrected chi connectivity index (χ3v) is 7.58. The number of amides is 1. The summed E-state index contributed by atoms with van der Waals surface area (Å²) < 4.78 is 27.2. The molecular formula is C22H18N4O3S2. The number of carbonyl (C=O) groups excluding carboxylic acids is 1. The summed E-state index contributed by atoms with van der Waals surface area (Å²) in [5.74, 6) is -0.369. The fraction of sp³-hybridized carbons (Fsp3) is 0. The van der Waals surface area contributed by atoms with Gasteiger partial charge in [0.15, 0.2) is 0 Å². The van der Waals surface area contributed by atoms with Crippen LogP contribution in [0.2, 0.25) is 0 Å². The first kappa shape index (κ1) is 20.6. The van der Waals surface area contributed by atoms with Crippen LogP contribution >= 0.6 is 11.3 Å². The molecule has 4 rings (SSSR count). The van der Waals surface area contributed by atoms with E-state index in [1.807, 2.05) is 12.1 Å². The zero-order chi connectivity index (χ0) is 21.8. The second-order valence-electron chi connectivity index (χ2n) is 6.52. The van der Waals surface area contributed by atoms with E-state index in [0.717, 1.165) is 25.9 Å². The highest BCUT2D eigenvalue weighted by atomic mass is 32.2. The van der Waals surface area contributed by atoms with Gasteiger partial charge in [0.1, 0.15) is 4.21 Å². The van der Waals surface area contributed by atoms with Crippen LogP contribution in [-0.4, -0.2) is 23.3 Å². The number of nitrogens with one attached hydrogen (secondary N) is 1. The largest absolute Gasteiger partial charge is 0.397 e. The third kappa shape index (κ3) is 4.57. The molecule has 1 aromatic carbocycles. The average Bonchev–Trinajstić information content (AvgIpc) is 3.45. The van der Waals surface area contributed by atoms with Crippen molar-refractivity contribution in [1.29, 1.82) is 0 Å². The number of hydrogen-bond acceptors (Lipinski definition) is 6. The molecule has 0 saturated heterocycles. The summed E-state index contributed by atoms with van der Waals surface area (Å²) in [5.41, 5.74) is 8.07. The van der Waals surface area contributed by atoms with Crippen molar-refractivity contribution in [3.8, 4) is 10.6 Å². The first-order chi connectivity index (χ1) is 14.9. The molecule has 3 N–H and O–H groups in total. The number of nitrogen functional groups attached to an aromatic ring is 1. The quantitative estimate of drug-likeness (QED) is 0.340. The van der Waals surface area contributed by atoms with E-state index in [-0.39, 0.29) is 10.1 Å². The standard InChI is InChI=1S/C22H18N4O3S2/c23-17-5-1-2-6-18(17)25-21(27)10-8-16-12-14-26(15-16)31(28,29)22-11-9-20(30-22)19-7-3-4-13-24-19/h1-15H,23H2,(H,25,27)/b10-8+. The number of pyridine rings is 1. The van der Waals surface area contributed by atoms with Gasteiger partial charge in [0.05, 0.1) is 21.9 Å². The summed E-state index contributed by atoms with van der Waals surface area (Å²) >= 11 is 1.15. The van der Waals surface area contributed by atoms with Gasteiger partial charge in [-0.2, -0.15) is 8.42 Å². The van der Waals surface area contributed by atoms with Crippen molar-refractivity contribution in [2.75, 3.05) is 11.1 Å². The summed E-state index contributed by atoms with van der Waals surface area (Å²) in [6.45, 7) is 0. The molecule has 0 aliphatic rings. The number of carbonyl (C=O) groups is 1. The summed E-state index contributed by atoms with van der Waals surface area (Å²) in [4.78, 5) is 17.1. The minimum Gasteiger partial charge on any atom is -0.397 e. The number of anilines is 2. The maximum Gasteiger partial charge on any atom is 0.277 e. The van der Waals surface area contributed by atoms with Crippen molar-refractivity contribution in [3.63, 3.8) is 0 Å². The fourth-order valence-corrected chi connectivity index (χ4v) is 5.40. The van der Waals surface area contributed by atoms with E-state index in [9.17, 15) is 13.2 Å². The maximum atomic E-state index is 12.9. The van der Waals surface area contributed by atoms with Gasteiger partial charge in [-0.15, -0.1) is 11.3 Å². The van der Waals surface area contributed by atoms with Crippen molar-refractivity contribution in [2.45, 2.75) is 4.21 Å². The van der Waals surface area contributed by atoms with Crippen LogP contribution in [0.4, 0.5) is 11.4 Å². The topological polar surface area (TPSA) is 107 Å². The lowest BCUT2D eigenvalue weighted by atomic mass is 10.2. The van der Waals surface area contributed by atoms with E-state index >= 15 is 0 Å². The number of nitrogens with zero attached hydrogens (tertiary/aromatic N) is 2. The van der Waals surface area contributed by atoms with Crippen molar-refractivity contribution >= 4 is 44.7 Å². The summed E-state index contributed by atoms with van der Waals surface area (Å²) in [6, 6.07) is 17.3. The van der Waals surface area contributed by atoms with Crippen molar-refractivity contribution in [2.24, 2.45) is 0 Å². The van der Waals surface area contributed by atoms with E-state index in [2.05, 4.69) is 10.3 Å². The Morgan fingerprint density at radius 3 is 2.65 bits per heavy atom. The molecule has 0 radical (unpaired) electrons. The Balaban J connectivity index is 1.49. The van der Waals surface area contributed by atoms with E-state index in [1.165, 1.54) is 24.5 Å². The Labute approximate surface area is 183 Å². The van der Waals surface area contributed by atoms with Crippen LogP contribution in [0, 0.1) is 0 Å². The fourth-order valence-electron chi connectivity index (χ4n) is 2.81. The zero-order valence-corrected chi connectivity index (χ0v) is 17.8. The van der Waals surface area contributed by atoms with Gasteiger partial charge in [0, 0.05) is 24.7 Å². The molecule has 0 saturated carbocycles. The maximum absolute atomic E-state index is 12.9. The Hall–Kier alpha value is -3.69. The van der Waals surface area contributed by atoms with E-state index in [1.54, 1.807) is 54.7 Å². The van der Waals surface area contributed by atoms with Gasteiger partial charge in [-0.1, -0.05) is 18.2 Å². The molecule has 0 spiro atoms. The Bertz CT molecular complexity index is 1360. The third-order valence-electron chi connectivity index (χ3n) is 4.37. The van der Waals surface area contributed by atoms with Gasteiger partial charge in [-0.05, 0) is 54.1 Å². The number of hydrogen-bond donors (Lipinski definition) is 2. The van der Waals surface area contributed by atoms with Gasteiger partial charge in [-0.3, -0.25) is 9.78 Å². The van der Waals surface area contributed by atoms with Gasteiger partial charge in [0.25, 0.3) is 10.0 Å². The number of thiophene rings is 1. The second kappa shape index (κ2) is 8.58. The molecule has 0 atom stereocenters. The lowest BCUT2D eigenvalue weighted by Crippen LogP contribution is -2.09. The Morgan fingerprint density at radius 1 is 1.06 bits per heavy atom. The minimum atomic E-state index is -3.74. The van der Waals surface area contributed by atoms with Crippen LogP contribution in [0.15, 0.2) is 89.5 Å². The highest BCUT2D eigenvalue weighted by Gasteiger charge is 2.19. The van der Waals surface area contributed by atoms with Crippen molar-refractivity contribution in [3.05, 3.63) is 90.9 Å². The van der Waals surface area contributed by atoms with Crippen LogP contribution in [0.3, 0.4) is 0 Å². The number of rotatable bonds is 6. The summed E-state index contributed by atoms with van der Waals surface area (Å²) in [5, 5.41) is 2.68. The SMILES string of the molecule is Nc1ccccc1NC(=O)/C=C/c1ccn(S(=O)(=O)c2ccc(-c3ccccn3)s2)c1. The molecule has 0 fully saturated rings. The summed E-state index contributed by atoms with van der Waals surface area (Å²) in [6.07, 6.45) is 7.42. The molecule has 3 heterocycles. The highest BCUT2D eigenvalue weighted by Crippen LogP contribution is 2.30. The molecular weight excluding hydrogens is 432 g/mol. The minimum absolute atomic E-state index is 0.205. The smallest absolute Gasteiger partial charge is 0.277 e. The van der Waals surface area contributed by atoms with Gasteiger partial charge < -0.3 is 11.1 Å². The summed E-state index contributed by atoms with van der Waals surface area (Å²) in [7, 11) is -3.74. The monoisotopic (exact) mass is 450 g/mol. The van der Waals surface area contributed by atoms with Crippen LogP contribution in [0.25, 0.3) is 16.6 Å². The first-order valence-corrected chi connectivity index (χ1v) is 11.5. The molecule has 0 aliphatic heterocycles. The number of benzene rings is 1. The van der Waals surface area contributed by atoms with Gasteiger partial charge >= 0.3 is 0 Å². The Kier molecular flexibility index (Phi) is 5.70. The molecule has 4 aromatic rings. The van der Waals surface area contributed by atoms with Crippen LogP contribution in [0.5, 0.6) is 0 Å². The predicted molar refractivity (Wildman–Crippen MR) is 123 cm³/mol. The van der Waals surface area contributed by atoms with E-state index in [0.29, 0.717) is 16.9 Å². The van der Waals surface area contributed by atoms with E-state index in [4.69, 9.17) is 5.73 Å². The molecule has 7 nitrogen and oxygen atoms in total. The van der Waals surface area contributed by atoms with Gasteiger partial charge in [0.2, 0.25) is 5.91 Å². The normalized spacial score (nSPS) is 11.6.